The number of nitrogens with one attached hydrogen (secondary N) is 1. The molecule has 4 amide bonds. The van der Waals surface area contributed by atoms with Crippen molar-refractivity contribution in [3.63, 3.8) is 0 Å². The number of barbiturate groups is 1. The Labute approximate surface area is 153 Å². The molecule has 0 spiro atoms. The molecular formula is C17H13Cl2N3O3. The highest BCUT2D eigenvalue weighted by Gasteiger charge is 2.38. The summed E-state index contributed by atoms with van der Waals surface area (Å²) in [5, 5.41) is 2.40. The van der Waals surface area contributed by atoms with Gasteiger partial charge in [0.05, 0.1) is 15.7 Å². The van der Waals surface area contributed by atoms with Crippen molar-refractivity contribution in [3.05, 3.63) is 57.8 Å². The normalized spacial score (nSPS) is 16.5. The van der Waals surface area contributed by atoms with E-state index in [1.807, 2.05) is 17.7 Å². The molecule has 0 bridgehead atoms. The molecule has 1 aromatic carbocycles. The van der Waals surface area contributed by atoms with Crippen LogP contribution in [0.1, 0.15) is 12.6 Å². The number of urea groups is 1. The SMILES string of the molecule is CCn1cccc1/C=C1\C(=O)NC(=O)N(c2cccc(Cl)c2Cl)C1=O. The summed E-state index contributed by atoms with van der Waals surface area (Å²) in [6.07, 6.45) is 3.27. The molecule has 1 aliphatic rings. The Morgan fingerprint density at radius 2 is 1.88 bits per heavy atom. The summed E-state index contributed by atoms with van der Waals surface area (Å²) < 4.78 is 1.86. The van der Waals surface area contributed by atoms with E-state index in [1.165, 1.54) is 18.2 Å². The maximum Gasteiger partial charge on any atom is 0.336 e. The first kappa shape index (κ1) is 17.3. The van der Waals surface area contributed by atoms with E-state index in [4.69, 9.17) is 23.2 Å². The van der Waals surface area contributed by atoms with Crippen molar-refractivity contribution < 1.29 is 14.4 Å². The molecule has 0 unspecified atom stereocenters. The second kappa shape index (κ2) is 6.74. The first-order valence-corrected chi connectivity index (χ1v) is 8.20. The largest absolute Gasteiger partial charge is 0.348 e. The lowest BCUT2D eigenvalue weighted by molar-refractivity contribution is -0.122. The molecule has 1 fully saturated rings. The molecule has 128 valence electrons. The number of imide groups is 2. The Morgan fingerprint density at radius 3 is 2.60 bits per heavy atom. The number of amides is 4. The van der Waals surface area contributed by atoms with Gasteiger partial charge in [0.1, 0.15) is 5.57 Å². The van der Waals surface area contributed by atoms with Crippen LogP contribution >= 0.6 is 23.2 Å². The van der Waals surface area contributed by atoms with Gasteiger partial charge in [0.25, 0.3) is 11.8 Å². The third-order valence-corrected chi connectivity index (χ3v) is 4.58. The van der Waals surface area contributed by atoms with Crippen LogP contribution < -0.4 is 10.2 Å². The van der Waals surface area contributed by atoms with Crippen LogP contribution in [-0.4, -0.2) is 22.4 Å². The molecule has 1 N–H and O–H groups in total. The van der Waals surface area contributed by atoms with Crippen LogP contribution in [0.15, 0.2) is 42.1 Å². The standard InChI is InChI=1S/C17H13Cl2N3O3/c1-2-21-8-4-5-10(21)9-11-15(23)20-17(25)22(16(11)24)13-7-3-6-12(18)14(13)19/h3-9H,2H2,1H3,(H,20,23,25)/b11-9+. The van der Waals surface area contributed by atoms with Gasteiger partial charge in [-0.3, -0.25) is 14.9 Å². The number of aryl methyl sites for hydroxylation is 1. The molecule has 2 heterocycles. The summed E-state index contributed by atoms with van der Waals surface area (Å²) in [5.41, 5.74) is 0.623. The highest BCUT2D eigenvalue weighted by atomic mass is 35.5. The van der Waals surface area contributed by atoms with Crippen molar-refractivity contribution in [3.8, 4) is 0 Å². The number of nitrogens with zero attached hydrogens (tertiary/aromatic N) is 2. The highest BCUT2D eigenvalue weighted by Crippen LogP contribution is 2.34. The molecule has 0 radical (unpaired) electrons. The lowest BCUT2D eigenvalue weighted by Gasteiger charge is -2.27. The lowest BCUT2D eigenvalue weighted by Crippen LogP contribution is -2.54. The number of rotatable bonds is 3. The molecule has 0 atom stereocenters. The van der Waals surface area contributed by atoms with Crippen molar-refractivity contribution >= 4 is 52.8 Å². The molecule has 3 rings (SSSR count). The van der Waals surface area contributed by atoms with Gasteiger partial charge in [0, 0.05) is 18.4 Å². The number of benzene rings is 1. The Balaban J connectivity index is 2.07. The topological polar surface area (TPSA) is 71.4 Å². The van der Waals surface area contributed by atoms with E-state index < -0.39 is 17.8 Å². The van der Waals surface area contributed by atoms with E-state index in [0.29, 0.717) is 12.2 Å². The zero-order chi connectivity index (χ0) is 18.1. The minimum atomic E-state index is -0.873. The van der Waals surface area contributed by atoms with Gasteiger partial charge < -0.3 is 4.57 Å². The van der Waals surface area contributed by atoms with E-state index in [-0.39, 0.29) is 21.3 Å². The van der Waals surface area contributed by atoms with Crippen LogP contribution in [0.25, 0.3) is 6.08 Å². The van der Waals surface area contributed by atoms with Crippen LogP contribution in [0.4, 0.5) is 10.5 Å². The molecular weight excluding hydrogens is 365 g/mol. The average molecular weight is 378 g/mol. The third kappa shape index (κ3) is 3.06. The van der Waals surface area contributed by atoms with E-state index in [1.54, 1.807) is 18.2 Å². The zero-order valence-corrected chi connectivity index (χ0v) is 14.6. The first-order chi connectivity index (χ1) is 11.9. The summed E-state index contributed by atoms with van der Waals surface area (Å²) in [5.74, 6) is -1.52. The van der Waals surface area contributed by atoms with Crippen LogP contribution in [0.5, 0.6) is 0 Å². The Morgan fingerprint density at radius 1 is 1.12 bits per heavy atom. The molecule has 8 heteroatoms. The van der Waals surface area contributed by atoms with Crippen molar-refractivity contribution in [2.75, 3.05) is 4.90 Å². The maximum atomic E-state index is 12.8. The summed E-state index contributed by atoms with van der Waals surface area (Å²) in [7, 11) is 0. The number of hydrogen-bond donors (Lipinski definition) is 1. The van der Waals surface area contributed by atoms with Crippen LogP contribution in [0.2, 0.25) is 10.0 Å². The summed E-state index contributed by atoms with van der Waals surface area (Å²) in [6, 6.07) is 7.28. The lowest BCUT2D eigenvalue weighted by atomic mass is 10.1. The highest BCUT2D eigenvalue weighted by molar-refractivity contribution is 6.46. The Hall–Kier alpha value is -2.57. The summed E-state index contributed by atoms with van der Waals surface area (Å²) >= 11 is 12.1. The molecule has 1 aliphatic heterocycles. The van der Waals surface area contributed by atoms with Gasteiger partial charge in [0.2, 0.25) is 0 Å². The first-order valence-electron chi connectivity index (χ1n) is 7.44. The molecule has 1 saturated heterocycles. The number of halogens is 2. The van der Waals surface area contributed by atoms with Gasteiger partial charge in [-0.2, -0.15) is 0 Å². The molecule has 2 aromatic rings. The van der Waals surface area contributed by atoms with E-state index in [0.717, 1.165) is 4.90 Å². The van der Waals surface area contributed by atoms with Crippen molar-refractivity contribution in [2.24, 2.45) is 0 Å². The molecule has 0 aliphatic carbocycles. The van der Waals surface area contributed by atoms with E-state index >= 15 is 0 Å². The average Bonchev–Trinajstić information content (AvgIpc) is 3.02. The fraction of sp³-hybridized carbons (Fsp3) is 0.118. The minimum Gasteiger partial charge on any atom is -0.348 e. The molecule has 1 aromatic heterocycles. The van der Waals surface area contributed by atoms with Crippen molar-refractivity contribution in [1.82, 2.24) is 9.88 Å². The number of carbonyl (C=O) groups excluding carboxylic acids is 3. The predicted octanol–water partition coefficient (Wildman–Crippen LogP) is 3.48. The minimum absolute atomic E-state index is 0.0540. The van der Waals surface area contributed by atoms with Crippen LogP contribution in [-0.2, 0) is 16.1 Å². The molecule has 25 heavy (non-hydrogen) atoms. The molecule has 0 saturated carbocycles. The van der Waals surface area contributed by atoms with Crippen molar-refractivity contribution in [2.45, 2.75) is 13.5 Å². The second-order valence-corrected chi connectivity index (χ2v) is 6.04. The third-order valence-electron chi connectivity index (χ3n) is 3.77. The summed E-state index contributed by atoms with van der Waals surface area (Å²) in [4.78, 5) is 38.0. The van der Waals surface area contributed by atoms with Gasteiger partial charge >= 0.3 is 6.03 Å². The Bertz CT molecular complexity index is 918. The van der Waals surface area contributed by atoms with Gasteiger partial charge in [-0.25, -0.2) is 9.69 Å². The Kier molecular flexibility index (Phi) is 4.65. The monoisotopic (exact) mass is 377 g/mol. The fourth-order valence-corrected chi connectivity index (χ4v) is 2.92. The van der Waals surface area contributed by atoms with Crippen LogP contribution in [0, 0.1) is 0 Å². The van der Waals surface area contributed by atoms with Gasteiger partial charge in [-0.15, -0.1) is 0 Å². The maximum absolute atomic E-state index is 12.8. The van der Waals surface area contributed by atoms with Gasteiger partial charge in [-0.1, -0.05) is 29.3 Å². The van der Waals surface area contributed by atoms with Gasteiger partial charge in [-0.05, 0) is 37.3 Å². The smallest absolute Gasteiger partial charge is 0.336 e. The van der Waals surface area contributed by atoms with Gasteiger partial charge in [0.15, 0.2) is 0 Å². The zero-order valence-electron chi connectivity index (χ0n) is 13.1. The number of carbonyl (C=O) groups is 3. The van der Waals surface area contributed by atoms with E-state index in [2.05, 4.69) is 5.32 Å². The summed E-state index contributed by atoms with van der Waals surface area (Å²) in [6.45, 7) is 2.61. The quantitative estimate of drug-likeness (QED) is 0.657. The number of anilines is 1. The van der Waals surface area contributed by atoms with Crippen molar-refractivity contribution in [1.29, 1.82) is 0 Å². The van der Waals surface area contributed by atoms with E-state index in [9.17, 15) is 14.4 Å². The van der Waals surface area contributed by atoms with Crippen LogP contribution in [0.3, 0.4) is 0 Å². The fourth-order valence-electron chi connectivity index (χ4n) is 2.54. The predicted molar refractivity (Wildman–Crippen MR) is 95.6 cm³/mol. The molecule has 6 nitrogen and oxygen atoms in total. The number of aromatic nitrogens is 1. The number of hydrogen-bond acceptors (Lipinski definition) is 3. The second-order valence-electron chi connectivity index (χ2n) is 5.25.